The average molecular weight is 266 g/mol. The van der Waals surface area contributed by atoms with Gasteiger partial charge in [-0.3, -0.25) is 0 Å². The number of aromatic nitrogens is 2. The summed E-state index contributed by atoms with van der Waals surface area (Å²) < 4.78 is 0. The number of imidazole rings is 1. The van der Waals surface area contributed by atoms with E-state index in [1.807, 2.05) is 12.1 Å². The van der Waals surface area contributed by atoms with E-state index in [2.05, 4.69) is 22.2 Å². The molecular weight excluding hydrogens is 250 g/mol. The maximum absolute atomic E-state index is 9.82. The van der Waals surface area contributed by atoms with E-state index in [1.54, 1.807) is 18.5 Å². The molecule has 0 bridgehead atoms. The molecule has 0 radical (unpaired) electrons. The first-order valence-electron chi connectivity index (χ1n) is 5.91. The van der Waals surface area contributed by atoms with Crippen LogP contribution in [0.25, 0.3) is 0 Å². The van der Waals surface area contributed by atoms with Crippen molar-refractivity contribution in [1.29, 1.82) is 0 Å². The number of para-hydroxylation sites is 1. The number of H-pyrrole nitrogens is 1. The van der Waals surface area contributed by atoms with E-state index in [-0.39, 0.29) is 11.8 Å². The third-order valence-corrected chi connectivity index (χ3v) is 3.17. The lowest BCUT2D eigenvalue weighted by atomic mass is 10.1. The summed E-state index contributed by atoms with van der Waals surface area (Å²) >= 11 is 5.87. The van der Waals surface area contributed by atoms with Crippen molar-refractivity contribution in [2.45, 2.75) is 25.9 Å². The molecule has 2 rings (SSSR count). The van der Waals surface area contributed by atoms with E-state index < -0.39 is 0 Å². The van der Waals surface area contributed by atoms with Gasteiger partial charge in [-0.25, -0.2) is 4.98 Å². The second kappa shape index (κ2) is 5.89. The minimum atomic E-state index is 0.137. The van der Waals surface area contributed by atoms with Crippen LogP contribution in [-0.2, 0) is 6.54 Å². The predicted octanol–water partition coefficient (Wildman–Crippen LogP) is 3.01. The highest BCUT2D eigenvalue weighted by Crippen LogP contribution is 2.27. The number of aromatic hydroxyl groups is 1. The normalized spacial score (nSPS) is 12.6. The largest absolute Gasteiger partial charge is 0.506 e. The molecule has 0 amide bonds. The van der Waals surface area contributed by atoms with Crippen molar-refractivity contribution in [3.8, 4) is 5.75 Å². The lowest BCUT2D eigenvalue weighted by Gasteiger charge is -2.15. The van der Waals surface area contributed by atoms with Gasteiger partial charge in [0.25, 0.3) is 0 Å². The number of phenols is 1. The molecule has 0 saturated heterocycles. The van der Waals surface area contributed by atoms with Gasteiger partial charge in [-0.1, -0.05) is 30.7 Å². The Kier molecular flexibility index (Phi) is 4.23. The summed E-state index contributed by atoms with van der Waals surface area (Å²) in [5, 5.41) is 13.5. The zero-order valence-corrected chi connectivity index (χ0v) is 10.9. The van der Waals surface area contributed by atoms with E-state index in [4.69, 9.17) is 11.6 Å². The zero-order valence-electron chi connectivity index (χ0n) is 10.2. The number of aromatic amines is 1. The van der Waals surface area contributed by atoms with Crippen molar-refractivity contribution in [1.82, 2.24) is 15.3 Å². The predicted molar refractivity (Wildman–Crippen MR) is 71.6 cm³/mol. The van der Waals surface area contributed by atoms with Gasteiger partial charge in [-0.05, 0) is 12.5 Å². The fourth-order valence-corrected chi connectivity index (χ4v) is 2.03. The van der Waals surface area contributed by atoms with Gasteiger partial charge in [0.05, 0.1) is 11.1 Å². The Labute approximate surface area is 111 Å². The molecule has 96 valence electrons. The van der Waals surface area contributed by atoms with Gasteiger partial charge in [0.1, 0.15) is 11.6 Å². The third-order valence-electron chi connectivity index (χ3n) is 2.87. The molecule has 4 nitrogen and oxygen atoms in total. The first-order chi connectivity index (χ1) is 8.72. The van der Waals surface area contributed by atoms with Crippen LogP contribution in [0.2, 0.25) is 5.02 Å². The molecule has 1 aromatic heterocycles. The maximum atomic E-state index is 9.82. The van der Waals surface area contributed by atoms with Crippen LogP contribution in [0.5, 0.6) is 5.75 Å². The molecule has 0 aliphatic heterocycles. The molecule has 2 aromatic rings. The summed E-state index contributed by atoms with van der Waals surface area (Å²) in [5.41, 5.74) is 0.785. The van der Waals surface area contributed by atoms with Gasteiger partial charge in [-0.15, -0.1) is 0 Å². The quantitative estimate of drug-likeness (QED) is 0.779. The fourth-order valence-electron chi connectivity index (χ4n) is 1.84. The van der Waals surface area contributed by atoms with Crippen LogP contribution in [0.15, 0.2) is 30.6 Å². The topological polar surface area (TPSA) is 60.9 Å². The van der Waals surface area contributed by atoms with Crippen molar-refractivity contribution in [2.75, 3.05) is 0 Å². The number of benzene rings is 1. The number of nitrogens with zero attached hydrogens (tertiary/aromatic N) is 1. The number of hydrogen-bond donors (Lipinski definition) is 3. The molecule has 1 unspecified atom stereocenters. The van der Waals surface area contributed by atoms with E-state index in [0.717, 1.165) is 17.8 Å². The number of hydrogen-bond acceptors (Lipinski definition) is 3. The maximum Gasteiger partial charge on any atom is 0.138 e. The number of nitrogens with one attached hydrogen (secondary N) is 2. The number of halogens is 1. The van der Waals surface area contributed by atoms with E-state index in [9.17, 15) is 5.11 Å². The van der Waals surface area contributed by atoms with Crippen molar-refractivity contribution in [2.24, 2.45) is 0 Å². The molecule has 1 atom stereocenters. The van der Waals surface area contributed by atoms with Crippen LogP contribution in [0.1, 0.15) is 30.8 Å². The van der Waals surface area contributed by atoms with Crippen LogP contribution in [0.4, 0.5) is 0 Å². The minimum Gasteiger partial charge on any atom is -0.506 e. The van der Waals surface area contributed by atoms with Gasteiger partial charge < -0.3 is 15.4 Å². The number of phenolic OH excluding ortho intramolecular Hbond substituents is 1. The highest BCUT2D eigenvalue weighted by atomic mass is 35.5. The molecule has 0 spiro atoms. The second-order valence-corrected chi connectivity index (χ2v) is 4.47. The summed E-state index contributed by atoms with van der Waals surface area (Å²) in [6.45, 7) is 2.63. The van der Waals surface area contributed by atoms with Crippen molar-refractivity contribution in [3.63, 3.8) is 0 Å². The summed E-state index contributed by atoms with van der Waals surface area (Å²) in [7, 11) is 0. The van der Waals surface area contributed by atoms with E-state index in [1.165, 1.54) is 0 Å². The second-order valence-electron chi connectivity index (χ2n) is 4.06. The first kappa shape index (κ1) is 12.9. The first-order valence-corrected chi connectivity index (χ1v) is 6.29. The molecule has 5 heteroatoms. The van der Waals surface area contributed by atoms with Gasteiger partial charge in [-0.2, -0.15) is 0 Å². The van der Waals surface area contributed by atoms with E-state index >= 15 is 0 Å². The van der Waals surface area contributed by atoms with Gasteiger partial charge in [0, 0.05) is 24.5 Å². The van der Waals surface area contributed by atoms with Crippen LogP contribution in [0.3, 0.4) is 0 Å². The van der Waals surface area contributed by atoms with E-state index in [0.29, 0.717) is 11.6 Å². The smallest absolute Gasteiger partial charge is 0.138 e. The Balaban J connectivity index is 2.04. The SMILES string of the molecule is CCC(NCc1cccc(Cl)c1O)c1ncc[nH]1. The Bertz CT molecular complexity index is 499. The molecule has 1 heterocycles. The summed E-state index contributed by atoms with van der Waals surface area (Å²) in [6.07, 6.45) is 4.45. The molecular formula is C13H16ClN3O. The Morgan fingerprint density at radius 1 is 1.50 bits per heavy atom. The Morgan fingerprint density at radius 2 is 2.33 bits per heavy atom. The summed E-state index contributed by atoms with van der Waals surface area (Å²) in [5.74, 6) is 1.04. The summed E-state index contributed by atoms with van der Waals surface area (Å²) in [6, 6.07) is 5.48. The Hall–Kier alpha value is -1.52. The van der Waals surface area contributed by atoms with Crippen LogP contribution in [-0.4, -0.2) is 15.1 Å². The molecule has 0 saturated carbocycles. The molecule has 3 N–H and O–H groups in total. The molecule has 18 heavy (non-hydrogen) atoms. The average Bonchev–Trinajstić information content (AvgIpc) is 2.89. The lowest BCUT2D eigenvalue weighted by Crippen LogP contribution is -2.21. The zero-order chi connectivity index (χ0) is 13.0. The highest BCUT2D eigenvalue weighted by Gasteiger charge is 2.12. The van der Waals surface area contributed by atoms with Gasteiger partial charge >= 0.3 is 0 Å². The monoisotopic (exact) mass is 265 g/mol. The number of rotatable bonds is 5. The van der Waals surface area contributed by atoms with Gasteiger partial charge in [0.15, 0.2) is 0 Å². The van der Waals surface area contributed by atoms with Crippen molar-refractivity contribution in [3.05, 3.63) is 47.0 Å². The molecule has 0 aliphatic rings. The minimum absolute atomic E-state index is 0.137. The van der Waals surface area contributed by atoms with Crippen molar-refractivity contribution >= 4 is 11.6 Å². The van der Waals surface area contributed by atoms with Crippen LogP contribution < -0.4 is 5.32 Å². The molecule has 0 fully saturated rings. The van der Waals surface area contributed by atoms with Crippen LogP contribution >= 0.6 is 11.6 Å². The summed E-state index contributed by atoms with van der Waals surface area (Å²) in [4.78, 5) is 7.32. The lowest BCUT2D eigenvalue weighted by molar-refractivity contribution is 0.451. The fraction of sp³-hybridized carbons (Fsp3) is 0.308. The molecule has 0 aliphatic carbocycles. The van der Waals surface area contributed by atoms with Gasteiger partial charge in [0.2, 0.25) is 0 Å². The van der Waals surface area contributed by atoms with Crippen molar-refractivity contribution < 1.29 is 5.11 Å². The highest BCUT2D eigenvalue weighted by molar-refractivity contribution is 6.32. The molecule has 1 aromatic carbocycles. The Morgan fingerprint density at radius 3 is 3.00 bits per heavy atom. The van der Waals surface area contributed by atoms with Crippen LogP contribution in [0, 0.1) is 0 Å². The standard InChI is InChI=1S/C13H16ClN3O/c1-2-11(13-15-6-7-16-13)17-8-9-4-3-5-10(14)12(9)18/h3-7,11,17-18H,2,8H2,1H3,(H,15,16). The third kappa shape index (κ3) is 2.83.